The predicted molar refractivity (Wildman–Crippen MR) is 79.5 cm³/mol. The molecule has 0 aliphatic carbocycles. The van der Waals surface area contributed by atoms with Gasteiger partial charge in [-0.15, -0.1) is 0 Å². The standard InChI is InChI=1S/C13H20N4O2S/c1-13(2,5-6-18-3)7-17-10-9(16-12(17)20)11(19-4)15-8-14-10/h8H,5-7H2,1-4H3,(H,16,20). The van der Waals surface area contributed by atoms with E-state index in [9.17, 15) is 0 Å². The van der Waals surface area contributed by atoms with Crippen molar-refractivity contribution in [3.63, 3.8) is 0 Å². The third-order valence-corrected chi connectivity index (χ3v) is 3.61. The number of hydrogen-bond donors (Lipinski definition) is 1. The first-order valence-corrected chi connectivity index (χ1v) is 6.86. The molecule has 0 amide bonds. The molecule has 0 fully saturated rings. The van der Waals surface area contributed by atoms with E-state index in [1.165, 1.54) is 6.33 Å². The van der Waals surface area contributed by atoms with E-state index in [0.29, 0.717) is 10.7 Å². The van der Waals surface area contributed by atoms with Crippen molar-refractivity contribution in [2.75, 3.05) is 20.8 Å². The Bertz CT molecular complexity index is 647. The number of fused-ring (bicyclic) bond motifs is 1. The Morgan fingerprint density at radius 3 is 2.75 bits per heavy atom. The van der Waals surface area contributed by atoms with Gasteiger partial charge in [-0.2, -0.15) is 4.98 Å². The van der Waals surface area contributed by atoms with E-state index in [0.717, 1.165) is 30.7 Å². The highest BCUT2D eigenvalue weighted by molar-refractivity contribution is 7.71. The van der Waals surface area contributed by atoms with Crippen LogP contribution in [0.2, 0.25) is 0 Å². The molecule has 0 spiro atoms. The lowest BCUT2D eigenvalue weighted by Gasteiger charge is -2.24. The minimum absolute atomic E-state index is 0.0571. The van der Waals surface area contributed by atoms with Crippen molar-refractivity contribution < 1.29 is 9.47 Å². The predicted octanol–water partition coefficient (Wildman–Crippen LogP) is 2.56. The average Bonchev–Trinajstić information content (AvgIpc) is 2.72. The first-order chi connectivity index (χ1) is 9.48. The fourth-order valence-corrected chi connectivity index (χ4v) is 2.39. The molecule has 0 radical (unpaired) electrons. The van der Waals surface area contributed by atoms with Gasteiger partial charge in [-0.1, -0.05) is 13.8 Å². The van der Waals surface area contributed by atoms with Crippen molar-refractivity contribution in [2.24, 2.45) is 5.41 Å². The number of aromatic amines is 1. The van der Waals surface area contributed by atoms with Crippen LogP contribution in [0.4, 0.5) is 0 Å². The van der Waals surface area contributed by atoms with E-state index in [4.69, 9.17) is 21.7 Å². The molecule has 7 heteroatoms. The molecule has 20 heavy (non-hydrogen) atoms. The molecule has 2 rings (SSSR count). The SMILES string of the molecule is COCCC(C)(C)Cn1c(=S)[nH]c2c(OC)ncnc21. The fourth-order valence-electron chi connectivity index (χ4n) is 2.13. The molecule has 110 valence electrons. The van der Waals surface area contributed by atoms with Crippen LogP contribution in [0.1, 0.15) is 20.3 Å². The summed E-state index contributed by atoms with van der Waals surface area (Å²) in [6.45, 7) is 5.85. The zero-order valence-corrected chi connectivity index (χ0v) is 13.1. The summed E-state index contributed by atoms with van der Waals surface area (Å²) in [7, 11) is 3.30. The van der Waals surface area contributed by atoms with E-state index in [2.05, 4.69) is 28.8 Å². The number of H-pyrrole nitrogens is 1. The molecule has 6 nitrogen and oxygen atoms in total. The molecule has 0 saturated carbocycles. The zero-order chi connectivity index (χ0) is 14.8. The van der Waals surface area contributed by atoms with E-state index in [1.807, 2.05) is 4.57 Å². The summed E-state index contributed by atoms with van der Waals surface area (Å²) >= 11 is 5.39. The van der Waals surface area contributed by atoms with Gasteiger partial charge in [-0.05, 0) is 24.1 Å². The molecular weight excluding hydrogens is 276 g/mol. The minimum atomic E-state index is 0.0571. The quantitative estimate of drug-likeness (QED) is 0.830. The number of nitrogens with zero attached hydrogens (tertiary/aromatic N) is 3. The van der Waals surface area contributed by atoms with Gasteiger partial charge in [0, 0.05) is 20.3 Å². The van der Waals surface area contributed by atoms with Gasteiger partial charge in [0.2, 0.25) is 5.88 Å². The molecule has 0 atom stereocenters. The lowest BCUT2D eigenvalue weighted by Crippen LogP contribution is -2.21. The van der Waals surface area contributed by atoms with E-state index < -0.39 is 0 Å². The zero-order valence-electron chi connectivity index (χ0n) is 12.3. The second kappa shape index (κ2) is 5.88. The normalized spacial score (nSPS) is 12.0. The van der Waals surface area contributed by atoms with Crippen LogP contribution in [0.5, 0.6) is 5.88 Å². The molecule has 2 aromatic heterocycles. The Balaban J connectivity index is 2.40. The van der Waals surface area contributed by atoms with Gasteiger partial charge in [-0.25, -0.2) is 4.98 Å². The second-order valence-electron chi connectivity index (χ2n) is 5.50. The first kappa shape index (κ1) is 14.9. The molecule has 0 aliphatic rings. The van der Waals surface area contributed by atoms with Gasteiger partial charge < -0.3 is 19.0 Å². The monoisotopic (exact) mass is 296 g/mol. The van der Waals surface area contributed by atoms with E-state index in [1.54, 1.807) is 14.2 Å². The molecule has 0 saturated heterocycles. The number of rotatable bonds is 6. The fraction of sp³-hybridized carbons (Fsp3) is 0.615. The van der Waals surface area contributed by atoms with Crippen LogP contribution in [0.15, 0.2) is 6.33 Å². The Morgan fingerprint density at radius 2 is 2.10 bits per heavy atom. The van der Waals surface area contributed by atoms with Crippen molar-refractivity contribution in [1.82, 2.24) is 19.5 Å². The summed E-state index contributed by atoms with van der Waals surface area (Å²) in [6.07, 6.45) is 2.43. The average molecular weight is 296 g/mol. The van der Waals surface area contributed by atoms with E-state index in [-0.39, 0.29) is 5.41 Å². The third kappa shape index (κ3) is 2.99. The number of ether oxygens (including phenoxy) is 2. The van der Waals surface area contributed by atoms with Gasteiger partial charge in [0.15, 0.2) is 10.4 Å². The number of methoxy groups -OCH3 is 2. The molecular formula is C13H20N4O2S. The summed E-state index contributed by atoms with van der Waals surface area (Å²) < 4.78 is 13.0. The van der Waals surface area contributed by atoms with Crippen molar-refractivity contribution in [3.05, 3.63) is 11.1 Å². The van der Waals surface area contributed by atoms with Crippen LogP contribution in [-0.4, -0.2) is 40.3 Å². The molecule has 2 heterocycles. The molecule has 2 aromatic rings. The van der Waals surface area contributed by atoms with Crippen LogP contribution in [0, 0.1) is 10.2 Å². The van der Waals surface area contributed by atoms with Crippen molar-refractivity contribution >= 4 is 23.4 Å². The van der Waals surface area contributed by atoms with Crippen LogP contribution in [0.3, 0.4) is 0 Å². The molecule has 0 aromatic carbocycles. The Kier molecular flexibility index (Phi) is 4.39. The number of aromatic nitrogens is 4. The Morgan fingerprint density at radius 1 is 1.35 bits per heavy atom. The van der Waals surface area contributed by atoms with Gasteiger partial charge in [0.05, 0.1) is 7.11 Å². The smallest absolute Gasteiger partial charge is 0.242 e. The van der Waals surface area contributed by atoms with Crippen molar-refractivity contribution in [1.29, 1.82) is 0 Å². The lowest BCUT2D eigenvalue weighted by molar-refractivity contribution is 0.143. The van der Waals surface area contributed by atoms with Gasteiger partial charge in [0.25, 0.3) is 0 Å². The van der Waals surface area contributed by atoms with Crippen LogP contribution < -0.4 is 4.74 Å². The summed E-state index contributed by atoms with van der Waals surface area (Å²) in [5.74, 6) is 0.509. The van der Waals surface area contributed by atoms with Crippen molar-refractivity contribution in [2.45, 2.75) is 26.8 Å². The van der Waals surface area contributed by atoms with Crippen LogP contribution in [-0.2, 0) is 11.3 Å². The van der Waals surface area contributed by atoms with E-state index >= 15 is 0 Å². The minimum Gasteiger partial charge on any atom is -0.479 e. The van der Waals surface area contributed by atoms with Crippen LogP contribution in [0.25, 0.3) is 11.2 Å². The summed E-state index contributed by atoms with van der Waals surface area (Å²) in [5.41, 5.74) is 1.57. The Labute approximate surface area is 123 Å². The van der Waals surface area contributed by atoms with Crippen LogP contribution >= 0.6 is 12.2 Å². The molecule has 1 N–H and O–H groups in total. The summed E-state index contributed by atoms with van der Waals surface area (Å²) in [5, 5.41) is 0. The third-order valence-electron chi connectivity index (χ3n) is 3.29. The maximum absolute atomic E-state index is 5.39. The highest BCUT2D eigenvalue weighted by atomic mass is 32.1. The Hall–Kier alpha value is -1.47. The van der Waals surface area contributed by atoms with Gasteiger partial charge in [-0.3, -0.25) is 0 Å². The highest BCUT2D eigenvalue weighted by Crippen LogP contribution is 2.27. The lowest BCUT2D eigenvalue weighted by atomic mass is 9.89. The topological polar surface area (TPSA) is 65.0 Å². The maximum atomic E-state index is 5.39. The second-order valence-corrected chi connectivity index (χ2v) is 5.89. The summed E-state index contributed by atoms with van der Waals surface area (Å²) in [4.78, 5) is 11.5. The largest absolute Gasteiger partial charge is 0.479 e. The summed E-state index contributed by atoms with van der Waals surface area (Å²) in [6, 6.07) is 0. The molecule has 0 unspecified atom stereocenters. The highest BCUT2D eigenvalue weighted by Gasteiger charge is 2.21. The maximum Gasteiger partial charge on any atom is 0.242 e. The van der Waals surface area contributed by atoms with Gasteiger partial charge in [0.1, 0.15) is 11.8 Å². The van der Waals surface area contributed by atoms with Crippen molar-refractivity contribution in [3.8, 4) is 5.88 Å². The number of nitrogens with one attached hydrogen (secondary N) is 1. The number of imidazole rings is 1. The molecule has 0 bridgehead atoms. The number of hydrogen-bond acceptors (Lipinski definition) is 5. The first-order valence-electron chi connectivity index (χ1n) is 6.45. The molecule has 0 aliphatic heterocycles. The van der Waals surface area contributed by atoms with Gasteiger partial charge >= 0.3 is 0 Å².